The van der Waals surface area contributed by atoms with Gasteiger partial charge in [0.25, 0.3) is 0 Å². The van der Waals surface area contributed by atoms with E-state index in [1.54, 1.807) is 19.1 Å². The molecule has 2 rings (SSSR count). The van der Waals surface area contributed by atoms with Crippen molar-refractivity contribution in [1.29, 1.82) is 0 Å². The van der Waals surface area contributed by atoms with Crippen LogP contribution in [0.2, 0.25) is 0 Å². The van der Waals surface area contributed by atoms with Gasteiger partial charge in [-0.2, -0.15) is 8.42 Å². The summed E-state index contributed by atoms with van der Waals surface area (Å²) >= 11 is 0. The Labute approximate surface area is 128 Å². The van der Waals surface area contributed by atoms with Crippen LogP contribution in [-0.4, -0.2) is 26.2 Å². The molecule has 0 atom stereocenters. The van der Waals surface area contributed by atoms with E-state index < -0.39 is 22.0 Å². The van der Waals surface area contributed by atoms with Crippen LogP contribution in [0.1, 0.15) is 28.5 Å². The third kappa shape index (κ3) is 3.28. The number of carbonyl (C=O) groups is 1. The van der Waals surface area contributed by atoms with Crippen LogP contribution in [0.25, 0.3) is 0 Å². The van der Waals surface area contributed by atoms with Crippen LogP contribution in [0.5, 0.6) is 5.95 Å². The molecule has 0 fully saturated rings. The summed E-state index contributed by atoms with van der Waals surface area (Å²) in [4.78, 5) is 11.8. The first-order valence-corrected chi connectivity index (χ1v) is 7.90. The number of ether oxygens (including phenoxy) is 1. The number of carbonyl (C=O) groups excluding carboxylic acids is 1. The molecule has 0 saturated carbocycles. The largest absolute Gasteiger partial charge is 0.462 e. The first-order valence-electron chi connectivity index (χ1n) is 6.49. The molecule has 2 aromatic rings. The molecule has 118 valence electrons. The van der Waals surface area contributed by atoms with Gasteiger partial charge in [-0.3, -0.25) is 0 Å². The van der Waals surface area contributed by atoms with Crippen molar-refractivity contribution < 1.29 is 26.7 Å². The summed E-state index contributed by atoms with van der Waals surface area (Å²) in [5.41, 5.74) is 0.951. The van der Waals surface area contributed by atoms with Gasteiger partial charge in [-0.25, -0.2) is 4.79 Å². The molecule has 22 heavy (non-hydrogen) atoms. The number of hydrogen-bond acceptors (Lipinski definition) is 7. The van der Waals surface area contributed by atoms with Crippen LogP contribution < -0.4 is 4.18 Å². The zero-order chi connectivity index (χ0) is 16.3. The standard InChI is InChI=1S/C14H15NO6S/c1-4-19-13(16)12-10(3)15-20-14(12)21-22(17,18)11-7-5-9(2)6-8-11/h5-8H,4H2,1-3H3. The zero-order valence-corrected chi connectivity index (χ0v) is 13.1. The number of benzene rings is 1. The molecule has 0 aliphatic carbocycles. The highest BCUT2D eigenvalue weighted by atomic mass is 32.2. The van der Waals surface area contributed by atoms with E-state index in [0.717, 1.165) is 5.56 Å². The summed E-state index contributed by atoms with van der Waals surface area (Å²) in [5.74, 6) is -1.26. The summed E-state index contributed by atoms with van der Waals surface area (Å²) in [6, 6.07) is 6.07. The fourth-order valence-electron chi connectivity index (χ4n) is 1.69. The fraction of sp³-hybridized carbons (Fsp3) is 0.286. The monoisotopic (exact) mass is 325 g/mol. The molecule has 0 saturated heterocycles. The molecule has 7 nitrogen and oxygen atoms in total. The fourth-order valence-corrected chi connectivity index (χ4v) is 2.57. The van der Waals surface area contributed by atoms with Gasteiger partial charge in [0.2, 0.25) is 0 Å². The van der Waals surface area contributed by atoms with Crippen LogP contribution in [-0.2, 0) is 14.9 Å². The molecule has 0 aliphatic rings. The van der Waals surface area contributed by atoms with Gasteiger partial charge in [0.05, 0.1) is 12.3 Å². The van der Waals surface area contributed by atoms with Crippen LogP contribution in [0.15, 0.2) is 33.7 Å². The molecule has 1 aromatic carbocycles. The molecule has 0 unspecified atom stereocenters. The molecule has 0 aliphatic heterocycles. The topological polar surface area (TPSA) is 95.7 Å². The van der Waals surface area contributed by atoms with E-state index in [-0.39, 0.29) is 22.8 Å². The maximum absolute atomic E-state index is 12.2. The number of rotatable bonds is 5. The number of hydrogen-bond donors (Lipinski definition) is 0. The average Bonchev–Trinajstić information content (AvgIpc) is 2.80. The zero-order valence-electron chi connectivity index (χ0n) is 12.3. The highest BCUT2D eigenvalue weighted by molar-refractivity contribution is 7.87. The van der Waals surface area contributed by atoms with E-state index in [4.69, 9.17) is 13.4 Å². The number of esters is 1. The van der Waals surface area contributed by atoms with Gasteiger partial charge in [0, 0.05) is 0 Å². The second-order valence-corrected chi connectivity index (χ2v) is 6.05. The molecule has 0 N–H and O–H groups in total. The first-order chi connectivity index (χ1) is 10.3. The highest BCUT2D eigenvalue weighted by Crippen LogP contribution is 2.26. The molecule has 1 aromatic heterocycles. The van der Waals surface area contributed by atoms with Crippen LogP contribution >= 0.6 is 0 Å². The summed E-state index contributed by atoms with van der Waals surface area (Å²) < 4.78 is 38.9. The second-order valence-electron chi connectivity index (χ2n) is 4.50. The smallest absolute Gasteiger partial charge is 0.347 e. The van der Waals surface area contributed by atoms with E-state index in [9.17, 15) is 13.2 Å². The minimum Gasteiger partial charge on any atom is -0.462 e. The van der Waals surface area contributed by atoms with E-state index in [2.05, 4.69) is 5.16 Å². The third-order valence-electron chi connectivity index (χ3n) is 2.81. The molecular weight excluding hydrogens is 310 g/mol. The van der Waals surface area contributed by atoms with Gasteiger partial charge in [0.1, 0.15) is 4.90 Å². The van der Waals surface area contributed by atoms with E-state index in [0.29, 0.717) is 0 Å². The number of aromatic nitrogens is 1. The first kappa shape index (κ1) is 16.0. The van der Waals surface area contributed by atoms with Crippen LogP contribution in [0, 0.1) is 13.8 Å². The van der Waals surface area contributed by atoms with Crippen molar-refractivity contribution in [3.8, 4) is 5.95 Å². The maximum atomic E-state index is 12.2. The van der Waals surface area contributed by atoms with Crippen molar-refractivity contribution >= 4 is 16.1 Å². The highest BCUT2D eigenvalue weighted by Gasteiger charge is 2.28. The third-order valence-corrected chi connectivity index (χ3v) is 4.03. The van der Waals surface area contributed by atoms with Crippen molar-refractivity contribution in [1.82, 2.24) is 5.16 Å². The minimum absolute atomic E-state index is 0.0537. The molecule has 0 radical (unpaired) electrons. The van der Waals surface area contributed by atoms with Crippen molar-refractivity contribution in [2.45, 2.75) is 25.7 Å². The summed E-state index contributed by atoms with van der Waals surface area (Å²) in [7, 11) is -4.13. The Balaban J connectivity index is 2.34. The van der Waals surface area contributed by atoms with Crippen LogP contribution in [0.4, 0.5) is 0 Å². The summed E-state index contributed by atoms with van der Waals surface area (Å²) in [5, 5.41) is 3.55. The molecule has 0 spiro atoms. The Morgan fingerprint density at radius 2 is 1.86 bits per heavy atom. The Morgan fingerprint density at radius 3 is 2.45 bits per heavy atom. The van der Waals surface area contributed by atoms with E-state index in [1.807, 2.05) is 6.92 Å². The predicted molar refractivity (Wildman–Crippen MR) is 76.2 cm³/mol. The molecule has 0 amide bonds. The van der Waals surface area contributed by atoms with Crippen molar-refractivity contribution in [2.24, 2.45) is 0 Å². The van der Waals surface area contributed by atoms with Gasteiger partial charge < -0.3 is 13.4 Å². The maximum Gasteiger partial charge on any atom is 0.347 e. The van der Waals surface area contributed by atoms with Gasteiger partial charge in [-0.05, 0) is 32.9 Å². The SMILES string of the molecule is CCOC(=O)c1c(C)noc1OS(=O)(=O)c1ccc(C)cc1. The normalized spacial score (nSPS) is 11.2. The molecular formula is C14H15NO6S. The lowest BCUT2D eigenvalue weighted by Crippen LogP contribution is -2.13. The van der Waals surface area contributed by atoms with Gasteiger partial charge in [-0.15, -0.1) is 0 Å². The van der Waals surface area contributed by atoms with Crippen LogP contribution in [0.3, 0.4) is 0 Å². The predicted octanol–water partition coefficient (Wildman–Crippen LogP) is 2.24. The second kappa shape index (κ2) is 6.18. The Morgan fingerprint density at radius 1 is 1.23 bits per heavy atom. The van der Waals surface area contributed by atoms with E-state index >= 15 is 0 Å². The lowest BCUT2D eigenvalue weighted by molar-refractivity contribution is 0.0522. The summed E-state index contributed by atoms with van der Waals surface area (Å²) in [6.45, 7) is 5.08. The Hall–Kier alpha value is -2.35. The van der Waals surface area contributed by atoms with Crippen molar-refractivity contribution in [3.05, 3.63) is 41.1 Å². The molecule has 0 bridgehead atoms. The lowest BCUT2D eigenvalue weighted by Gasteiger charge is -2.06. The lowest BCUT2D eigenvalue weighted by atomic mass is 10.2. The average molecular weight is 325 g/mol. The van der Waals surface area contributed by atoms with Gasteiger partial charge in [0.15, 0.2) is 5.56 Å². The van der Waals surface area contributed by atoms with Crippen molar-refractivity contribution in [2.75, 3.05) is 6.61 Å². The Bertz CT molecular complexity index is 776. The molecule has 8 heteroatoms. The number of aryl methyl sites for hydroxylation is 2. The van der Waals surface area contributed by atoms with Gasteiger partial charge >= 0.3 is 22.0 Å². The van der Waals surface area contributed by atoms with Gasteiger partial charge in [-0.1, -0.05) is 22.9 Å². The molecule has 1 heterocycles. The summed E-state index contributed by atoms with van der Waals surface area (Å²) in [6.07, 6.45) is 0. The van der Waals surface area contributed by atoms with E-state index in [1.165, 1.54) is 19.1 Å². The van der Waals surface area contributed by atoms with Crippen molar-refractivity contribution in [3.63, 3.8) is 0 Å². The number of nitrogens with zero attached hydrogens (tertiary/aromatic N) is 1. The Kier molecular flexibility index (Phi) is 4.51. The minimum atomic E-state index is -4.13. The quantitative estimate of drug-likeness (QED) is 0.614.